The van der Waals surface area contributed by atoms with Crippen LogP contribution in [-0.4, -0.2) is 26.6 Å². The Hall–Kier alpha value is -1.95. The summed E-state index contributed by atoms with van der Waals surface area (Å²) in [4.78, 5) is 0. The molecule has 0 spiro atoms. The van der Waals surface area contributed by atoms with Crippen LogP contribution in [-0.2, 0) is 13.1 Å². The van der Waals surface area contributed by atoms with Gasteiger partial charge in [-0.25, -0.2) is 4.39 Å². The number of hydrogen-bond donors (Lipinski definition) is 2. The van der Waals surface area contributed by atoms with Crippen LogP contribution in [0.1, 0.15) is 5.56 Å². The van der Waals surface area contributed by atoms with Crippen LogP contribution in [0.5, 0.6) is 5.75 Å². The molecule has 17 heavy (non-hydrogen) atoms. The Morgan fingerprint density at radius 3 is 3.06 bits per heavy atom. The van der Waals surface area contributed by atoms with E-state index in [0.717, 1.165) is 0 Å². The van der Waals surface area contributed by atoms with Gasteiger partial charge in [0.1, 0.15) is 0 Å². The summed E-state index contributed by atoms with van der Waals surface area (Å²) in [6.45, 7) is 1.76. The molecule has 1 aromatic carbocycles. The number of para-hydroxylation sites is 1. The van der Waals surface area contributed by atoms with Crippen molar-refractivity contribution in [3.05, 3.63) is 42.0 Å². The van der Waals surface area contributed by atoms with Crippen molar-refractivity contribution in [2.75, 3.05) is 6.54 Å². The van der Waals surface area contributed by atoms with E-state index in [1.165, 1.54) is 6.07 Å². The van der Waals surface area contributed by atoms with Crippen molar-refractivity contribution in [3.8, 4) is 5.75 Å². The molecule has 90 valence electrons. The summed E-state index contributed by atoms with van der Waals surface area (Å²) in [5.74, 6) is -0.888. The lowest BCUT2D eigenvalue weighted by molar-refractivity contribution is 0.422. The summed E-state index contributed by atoms with van der Waals surface area (Å²) in [5.41, 5.74) is 0.545. The van der Waals surface area contributed by atoms with Crippen LogP contribution in [0, 0.1) is 5.82 Å². The van der Waals surface area contributed by atoms with Crippen LogP contribution in [0.4, 0.5) is 4.39 Å². The summed E-state index contributed by atoms with van der Waals surface area (Å²) in [6, 6.07) is 4.48. The molecule has 0 aliphatic carbocycles. The zero-order valence-corrected chi connectivity index (χ0v) is 9.17. The van der Waals surface area contributed by atoms with Crippen LogP contribution in [0.3, 0.4) is 0 Å². The van der Waals surface area contributed by atoms with Crippen molar-refractivity contribution in [2.45, 2.75) is 13.1 Å². The minimum absolute atomic E-state index is 0.291. The third-order valence-corrected chi connectivity index (χ3v) is 2.38. The standard InChI is InChI=1S/C11H13FN4O/c12-10-3-1-2-9(11(10)17)8-13-4-6-16-7-5-14-15-16/h1-3,5,7,13,17H,4,6,8H2. The quantitative estimate of drug-likeness (QED) is 0.757. The minimum Gasteiger partial charge on any atom is -0.505 e. The van der Waals surface area contributed by atoms with Crippen molar-refractivity contribution in [3.63, 3.8) is 0 Å². The summed E-state index contributed by atoms with van der Waals surface area (Å²) in [6.07, 6.45) is 3.37. The Kier molecular flexibility index (Phi) is 3.66. The highest BCUT2D eigenvalue weighted by atomic mass is 19.1. The van der Waals surface area contributed by atoms with Crippen molar-refractivity contribution < 1.29 is 9.50 Å². The average molecular weight is 236 g/mol. The number of nitrogens with zero attached hydrogens (tertiary/aromatic N) is 3. The van der Waals surface area contributed by atoms with Crippen LogP contribution < -0.4 is 5.32 Å². The number of hydrogen-bond acceptors (Lipinski definition) is 4. The highest BCUT2D eigenvalue weighted by molar-refractivity contribution is 5.33. The van der Waals surface area contributed by atoms with Gasteiger partial charge in [0, 0.05) is 24.8 Å². The molecule has 0 fully saturated rings. The molecule has 0 saturated heterocycles. The molecule has 0 radical (unpaired) electrons. The smallest absolute Gasteiger partial charge is 0.165 e. The zero-order chi connectivity index (χ0) is 12.1. The third-order valence-electron chi connectivity index (χ3n) is 2.38. The van der Waals surface area contributed by atoms with Gasteiger partial charge >= 0.3 is 0 Å². The Balaban J connectivity index is 1.80. The van der Waals surface area contributed by atoms with E-state index in [-0.39, 0.29) is 5.75 Å². The molecular weight excluding hydrogens is 223 g/mol. The van der Waals surface area contributed by atoms with Crippen molar-refractivity contribution in [2.24, 2.45) is 0 Å². The lowest BCUT2D eigenvalue weighted by atomic mass is 10.2. The molecule has 1 aromatic heterocycles. The van der Waals surface area contributed by atoms with Crippen molar-refractivity contribution in [1.29, 1.82) is 0 Å². The Morgan fingerprint density at radius 1 is 1.41 bits per heavy atom. The van der Waals surface area contributed by atoms with E-state index >= 15 is 0 Å². The molecule has 1 heterocycles. The fourth-order valence-corrected chi connectivity index (χ4v) is 1.47. The molecule has 2 rings (SSSR count). The highest BCUT2D eigenvalue weighted by Crippen LogP contribution is 2.19. The van der Waals surface area contributed by atoms with Gasteiger partial charge < -0.3 is 10.4 Å². The maximum absolute atomic E-state index is 13.0. The van der Waals surface area contributed by atoms with Gasteiger partial charge in [0.2, 0.25) is 0 Å². The minimum atomic E-state index is -0.597. The Morgan fingerprint density at radius 2 is 2.29 bits per heavy atom. The van der Waals surface area contributed by atoms with Gasteiger partial charge in [-0.05, 0) is 6.07 Å². The summed E-state index contributed by atoms with van der Waals surface area (Å²) in [5, 5.41) is 20.0. The number of aromatic nitrogens is 3. The van der Waals surface area contributed by atoms with Gasteiger partial charge in [-0.1, -0.05) is 17.3 Å². The molecule has 0 unspecified atom stereocenters. The van der Waals surface area contributed by atoms with E-state index in [0.29, 0.717) is 25.2 Å². The summed E-state index contributed by atoms with van der Waals surface area (Å²) in [7, 11) is 0. The second-order valence-electron chi connectivity index (χ2n) is 3.59. The number of phenolic OH excluding ortho intramolecular Hbond substituents is 1. The van der Waals surface area contributed by atoms with Gasteiger partial charge in [-0.2, -0.15) is 0 Å². The number of rotatable bonds is 5. The molecule has 2 N–H and O–H groups in total. The van der Waals surface area contributed by atoms with Crippen molar-refractivity contribution >= 4 is 0 Å². The molecule has 5 nitrogen and oxygen atoms in total. The van der Waals surface area contributed by atoms with Crippen molar-refractivity contribution in [1.82, 2.24) is 20.3 Å². The number of phenols is 1. The second kappa shape index (κ2) is 5.40. The summed E-state index contributed by atoms with van der Waals surface area (Å²) >= 11 is 0. The van der Waals surface area contributed by atoms with Gasteiger partial charge in [0.15, 0.2) is 11.6 Å². The molecule has 0 atom stereocenters. The molecule has 0 aliphatic rings. The van der Waals surface area contributed by atoms with Gasteiger partial charge in [0.05, 0.1) is 12.7 Å². The number of benzene rings is 1. The Bertz CT molecular complexity index is 472. The maximum atomic E-state index is 13.0. The predicted molar refractivity (Wildman–Crippen MR) is 59.8 cm³/mol. The topological polar surface area (TPSA) is 63.0 Å². The van der Waals surface area contributed by atoms with E-state index in [4.69, 9.17) is 0 Å². The SMILES string of the molecule is Oc1c(F)cccc1CNCCn1ccnn1. The second-order valence-corrected chi connectivity index (χ2v) is 3.59. The third kappa shape index (κ3) is 3.01. The van der Waals surface area contributed by atoms with Gasteiger partial charge in [-0.15, -0.1) is 5.10 Å². The average Bonchev–Trinajstić information content (AvgIpc) is 2.83. The highest BCUT2D eigenvalue weighted by Gasteiger charge is 2.05. The zero-order valence-electron chi connectivity index (χ0n) is 9.17. The molecule has 0 amide bonds. The molecular formula is C11H13FN4O. The van der Waals surface area contributed by atoms with Gasteiger partial charge in [0.25, 0.3) is 0 Å². The number of nitrogens with one attached hydrogen (secondary N) is 1. The molecule has 0 aliphatic heterocycles. The maximum Gasteiger partial charge on any atom is 0.165 e. The molecule has 2 aromatic rings. The number of aromatic hydroxyl groups is 1. The molecule has 0 saturated carbocycles. The normalized spacial score (nSPS) is 10.6. The largest absolute Gasteiger partial charge is 0.505 e. The molecule has 6 heteroatoms. The fourth-order valence-electron chi connectivity index (χ4n) is 1.47. The first-order valence-corrected chi connectivity index (χ1v) is 5.28. The van der Waals surface area contributed by atoms with E-state index in [9.17, 15) is 9.50 Å². The van der Waals surface area contributed by atoms with Crippen LogP contribution >= 0.6 is 0 Å². The monoisotopic (exact) mass is 236 g/mol. The predicted octanol–water partition coefficient (Wildman–Crippen LogP) is 0.913. The van der Waals surface area contributed by atoms with Crippen LogP contribution in [0.15, 0.2) is 30.6 Å². The Labute approximate surface area is 97.9 Å². The molecule has 0 bridgehead atoms. The van der Waals surface area contributed by atoms with E-state index in [1.54, 1.807) is 29.2 Å². The first-order valence-electron chi connectivity index (χ1n) is 5.28. The number of halogens is 1. The lowest BCUT2D eigenvalue weighted by Gasteiger charge is -2.07. The summed E-state index contributed by atoms with van der Waals surface area (Å²) < 4.78 is 14.7. The van der Waals surface area contributed by atoms with E-state index < -0.39 is 5.82 Å². The van der Waals surface area contributed by atoms with E-state index in [2.05, 4.69) is 15.6 Å². The van der Waals surface area contributed by atoms with Crippen LogP contribution in [0.25, 0.3) is 0 Å². The van der Waals surface area contributed by atoms with Crippen LogP contribution in [0.2, 0.25) is 0 Å². The van der Waals surface area contributed by atoms with E-state index in [1.807, 2.05) is 0 Å². The van der Waals surface area contributed by atoms with Gasteiger partial charge in [-0.3, -0.25) is 4.68 Å². The lowest BCUT2D eigenvalue weighted by Crippen LogP contribution is -2.20. The fraction of sp³-hybridized carbons (Fsp3) is 0.273. The first-order chi connectivity index (χ1) is 8.27. The first kappa shape index (κ1) is 11.5.